The van der Waals surface area contributed by atoms with Gasteiger partial charge in [-0.3, -0.25) is 0 Å². The summed E-state index contributed by atoms with van der Waals surface area (Å²) in [7, 11) is 0. The first-order valence-corrected chi connectivity index (χ1v) is 20.3. The third-order valence-corrected chi connectivity index (χ3v) is 12.8. The number of nitrogens with zero attached hydrogens (tertiary/aromatic N) is 3. The van der Waals surface area contributed by atoms with Crippen molar-refractivity contribution >= 4 is 63.0 Å². The van der Waals surface area contributed by atoms with Crippen molar-refractivity contribution in [3.63, 3.8) is 0 Å². The van der Waals surface area contributed by atoms with Crippen molar-refractivity contribution in [2.24, 2.45) is 0 Å². The standard InChI is InChI=1S/C51H31N3S2/c1-4-13-32(14-5-1)33-23-25-34(26-24-33)42-29-38(31-46-48(42)39-19-10-11-21-43(39)55-46)37-27-28-40-45(30-37)56-44-22-12-20-41(47(40)44)51-53-49(35-15-6-2-7-16-35)52-50(54-51)36-17-8-3-9-18-36/h1-31H. The maximum Gasteiger partial charge on any atom is 0.164 e. The molecular formula is C51H31N3S2. The zero-order chi connectivity index (χ0) is 37.0. The zero-order valence-electron chi connectivity index (χ0n) is 30.1. The summed E-state index contributed by atoms with van der Waals surface area (Å²) < 4.78 is 5.04. The monoisotopic (exact) mass is 749 g/mol. The van der Waals surface area contributed by atoms with E-state index in [1.165, 1.54) is 73.7 Å². The first kappa shape index (κ1) is 32.6. The molecule has 0 fully saturated rings. The van der Waals surface area contributed by atoms with Crippen molar-refractivity contribution in [1.82, 2.24) is 15.0 Å². The van der Waals surface area contributed by atoms with E-state index in [-0.39, 0.29) is 0 Å². The van der Waals surface area contributed by atoms with Gasteiger partial charge in [0.15, 0.2) is 17.5 Å². The fraction of sp³-hybridized carbons (Fsp3) is 0. The summed E-state index contributed by atoms with van der Waals surface area (Å²) in [6.45, 7) is 0. The van der Waals surface area contributed by atoms with Crippen LogP contribution >= 0.6 is 22.7 Å². The molecule has 0 atom stereocenters. The molecule has 0 aliphatic carbocycles. The number of hydrogen-bond donors (Lipinski definition) is 0. The van der Waals surface area contributed by atoms with E-state index in [1.54, 1.807) is 0 Å². The normalized spacial score (nSPS) is 11.6. The van der Waals surface area contributed by atoms with Crippen LogP contribution in [0.15, 0.2) is 188 Å². The SMILES string of the molecule is c1ccc(-c2ccc(-c3cc(-c4ccc5c(c4)sc4cccc(-c6nc(-c7ccccc7)nc(-c7ccccc7)n6)c45)cc4sc5ccccc5c34)cc2)cc1. The summed E-state index contributed by atoms with van der Waals surface area (Å²) in [5.41, 5.74) is 10.3. The van der Waals surface area contributed by atoms with Crippen LogP contribution in [-0.2, 0) is 0 Å². The molecule has 5 heteroatoms. The number of aromatic nitrogens is 3. The quantitative estimate of drug-likeness (QED) is 0.170. The lowest BCUT2D eigenvalue weighted by atomic mass is 9.93. The average Bonchev–Trinajstić information content (AvgIpc) is 3.85. The molecular weight excluding hydrogens is 719 g/mol. The third-order valence-electron chi connectivity index (χ3n) is 10.6. The fourth-order valence-corrected chi connectivity index (χ4v) is 10.2. The Bertz CT molecular complexity index is 3170. The topological polar surface area (TPSA) is 38.7 Å². The van der Waals surface area contributed by atoms with E-state index in [9.17, 15) is 0 Å². The molecule has 8 aromatic carbocycles. The number of rotatable bonds is 6. The van der Waals surface area contributed by atoms with Gasteiger partial charge in [0.05, 0.1) is 0 Å². The maximum atomic E-state index is 5.09. The highest BCUT2D eigenvalue weighted by atomic mass is 32.1. The highest BCUT2D eigenvalue weighted by Crippen LogP contribution is 2.45. The Labute approximate surface area is 331 Å². The van der Waals surface area contributed by atoms with Crippen LogP contribution < -0.4 is 0 Å². The Morgan fingerprint density at radius 2 is 0.768 bits per heavy atom. The molecule has 56 heavy (non-hydrogen) atoms. The molecule has 0 aliphatic heterocycles. The lowest BCUT2D eigenvalue weighted by molar-refractivity contribution is 1.08. The smallest absolute Gasteiger partial charge is 0.164 e. The molecule has 3 heterocycles. The fourth-order valence-electron chi connectivity index (χ4n) is 7.84. The predicted octanol–water partition coefficient (Wildman–Crippen LogP) is 14.6. The summed E-state index contributed by atoms with van der Waals surface area (Å²) in [5.74, 6) is 2.00. The van der Waals surface area contributed by atoms with Gasteiger partial charge in [0.1, 0.15) is 0 Å². The van der Waals surface area contributed by atoms with Crippen LogP contribution in [0.2, 0.25) is 0 Å². The molecule has 0 bridgehead atoms. The molecule has 0 N–H and O–H groups in total. The highest BCUT2D eigenvalue weighted by molar-refractivity contribution is 7.26. The lowest BCUT2D eigenvalue weighted by Gasteiger charge is -2.11. The minimum absolute atomic E-state index is 0.662. The Kier molecular flexibility index (Phi) is 7.87. The van der Waals surface area contributed by atoms with E-state index in [2.05, 4.69) is 152 Å². The van der Waals surface area contributed by atoms with Gasteiger partial charge in [-0.25, -0.2) is 15.0 Å². The van der Waals surface area contributed by atoms with Crippen molar-refractivity contribution in [2.45, 2.75) is 0 Å². The average molecular weight is 750 g/mol. The minimum Gasteiger partial charge on any atom is -0.208 e. The molecule has 0 spiro atoms. The minimum atomic E-state index is 0.662. The van der Waals surface area contributed by atoms with E-state index in [1.807, 2.05) is 59.1 Å². The summed E-state index contributed by atoms with van der Waals surface area (Å²) in [5, 5.41) is 4.99. The molecule has 3 aromatic heterocycles. The maximum absolute atomic E-state index is 5.09. The summed E-state index contributed by atoms with van der Waals surface area (Å²) in [4.78, 5) is 15.1. The van der Waals surface area contributed by atoms with Gasteiger partial charge in [-0.05, 0) is 63.7 Å². The molecule has 0 saturated carbocycles. The van der Waals surface area contributed by atoms with Crippen LogP contribution in [0.5, 0.6) is 0 Å². The summed E-state index contributed by atoms with van der Waals surface area (Å²) >= 11 is 3.69. The molecule has 11 aromatic rings. The third kappa shape index (κ3) is 5.68. The van der Waals surface area contributed by atoms with Gasteiger partial charge in [-0.15, -0.1) is 22.7 Å². The van der Waals surface area contributed by atoms with Gasteiger partial charge in [-0.1, -0.05) is 158 Å². The molecule has 0 saturated heterocycles. The van der Waals surface area contributed by atoms with Gasteiger partial charge in [0.25, 0.3) is 0 Å². The zero-order valence-corrected chi connectivity index (χ0v) is 31.7. The van der Waals surface area contributed by atoms with Crippen LogP contribution in [0.1, 0.15) is 0 Å². The number of hydrogen-bond acceptors (Lipinski definition) is 5. The van der Waals surface area contributed by atoms with Crippen molar-refractivity contribution in [2.75, 3.05) is 0 Å². The van der Waals surface area contributed by atoms with Gasteiger partial charge in [0.2, 0.25) is 0 Å². The van der Waals surface area contributed by atoms with Gasteiger partial charge in [0, 0.05) is 57.0 Å². The van der Waals surface area contributed by atoms with E-state index in [4.69, 9.17) is 15.0 Å². The number of benzene rings is 8. The highest BCUT2D eigenvalue weighted by Gasteiger charge is 2.19. The van der Waals surface area contributed by atoms with Gasteiger partial charge < -0.3 is 0 Å². The second-order valence-corrected chi connectivity index (χ2v) is 16.1. The Morgan fingerprint density at radius 1 is 0.268 bits per heavy atom. The van der Waals surface area contributed by atoms with E-state index in [0.29, 0.717) is 17.5 Å². The van der Waals surface area contributed by atoms with Crippen molar-refractivity contribution in [3.8, 4) is 67.5 Å². The van der Waals surface area contributed by atoms with Crippen molar-refractivity contribution < 1.29 is 0 Å². The van der Waals surface area contributed by atoms with E-state index < -0.39 is 0 Å². The van der Waals surface area contributed by atoms with Crippen molar-refractivity contribution in [1.29, 1.82) is 0 Å². The molecule has 0 amide bonds. The lowest BCUT2D eigenvalue weighted by Crippen LogP contribution is -2.00. The number of fused-ring (bicyclic) bond motifs is 6. The first-order chi connectivity index (χ1) is 27.7. The molecule has 262 valence electrons. The van der Waals surface area contributed by atoms with Crippen LogP contribution in [0.25, 0.3) is 108 Å². The van der Waals surface area contributed by atoms with Gasteiger partial charge >= 0.3 is 0 Å². The predicted molar refractivity (Wildman–Crippen MR) is 238 cm³/mol. The van der Waals surface area contributed by atoms with Crippen LogP contribution in [0.3, 0.4) is 0 Å². The first-order valence-electron chi connectivity index (χ1n) is 18.7. The second-order valence-electron chi connectivity index (χ2n) is 14.0. The van der Waals surface area contributed by atoms with Crippen LogP contribution in [0.4, 0.5) is 0 Å². The largest absolute Gasteiger partial charge is 0.208 e. The number of thiophene rings is 2. The van der Waals surface area contributed by atoms with Crippen molar-refractivity contribution in [3.05, 3.63) is 188 Å². The molecule has 0 aliphatic rings. The van der Waals surface area contributed by atoms with Crippen LogP contribution in [-0.4, -0.2) is 15.0 Å². The molecule has 11 rings (SSSR count). The Morgan fingerprint density at radius 3 is 1.48 bits per heavy atom. The summed E-state index contributed by atoms with van der Waals surface area (Å²) in [6.07, 6.45) is 0. The van der Waals surface area contributed by atoms with E-state index in [0.717, 1.165) is 16.7 Å². The molecule has 0 unspecified atom stereocenters. The Balaban J connectivity index is 1.06. The van der Waals surface area contributed by atoms with Crippen LogP contribution in [0, 0.1) is 0 Å². The van der Waals surface area contributed by atoms with Gasteiger partial charge in [-0.2, -0.15) is 0 Å². The molecule has 0 radical (unpaired) electrons. The summed E-state index contributed by atoms with van der Waals surface area (Å²) in [6, 6.07) is 66.9. The second kappa shape index (κ2) is 13.5. The van der Waals surface area contributed by atoms with E-state index >= 15 is 0 Å². The Hall–Kier alpha value is -6.79. The molecule has 3 nitrogen and oxygen atoms in total.